The average Bonchev–Trinajstić information content (AvgIpc) is 3.99. The summed E-state index contributed by atoms with van der Waals surface area (Å²) >= 11 is 12.4. The molecule has 4 aromatic heterocycles. The normalized spacial score (nSPS) is 12.6. The summed E-state index contributed by atoms with van der Waals surface area (Å²) < 4.78 is 9.73. The predicted molar refractivity (Wildman–Crippen MR) is 289 cm³/mol. The Kier molecular flexibility index (Phi) is 22.0. The second-order valence-electron chi connectivity index (χ2n) is 18.1. The van der Waals surface area contributed by atoms with Gasteiger partial charge >= 0.3 is 349 Å². The molecule has 0 amide bonds. The van der Waals surface area contributed by atoms with Gasteiger partial charge in [0.25, 0.3) is 0 Å². The molecule has 0 fully saturated rings. The van der Waals surface area contributed by atoms with Gasteiger partial charge in [0.2, 0.25) is 0 Å². The third kappa shape index (κ3) is 14.3. The van der Waals surface area contributed by atoms with Gasteiger partial charge in [0.05, 0.1) is 0 Å². The summed E-state index contributed by atoms with van der Waals surface area (Å²) in [6.07, 6.45) is 21.5. The van der Waals surface area contributed by atoms with Crippen molar-refractivity contribution in [1.29, 1.82) is 0 Å². The zero-order chi connectivity index (χ0) is 41.7. The minimum atomic E-state index is -2.41. The van der Waals surface area contributed by atoms with Crippen LogP contribution in [0.4, 0.5) is 0 Å². The van der Waals surface area contributed by atoms with Crippen molar-refractivity contribution >= 4 is 155 Å². The van der Waals surface area contributed by atoms with Crippen LogP contribution < -0.4 is 5.79 Å². The molecule has 1 aromatic carbocycles. The van der Waals surface area contributed by atoms with E-state index in [-0.39, 0.29) is 0 Å². The standard InChI is InChI=1S/C42H56S8.6CH3.2Sn/c1-5-9-13-15-17-19-25-43-35-29-33(49-41(35)47-23-11-7-3)37-31-21-27-46-40(31)38(32-22-28-45-39(32)37)34-30-36(42(50-34)48-24-12-8-4)44-26-20-18-16-14-10-6-2;;;;;;;;/h21-22,29-30H,5-20,23-26H2,1-4H3;6*1H3;;. The maximum absolute atomic E-state index is 2.72. The number of hydrogen-bond acceptors (Lipinski definition) is 8. The Labute approximate surface area is 396 Å². The van der Waals surface area contributed by atoms with E-state index < -0.39 is 36.8 Å². The number of thiophene rings is 4. The first kappa shape index (κ1) is 50.5. The van der Waals surface area contributed by atoms with Gasteiger partial charge in [-0.3, -0.25) is 0 Å². The fraction of sp³-hybridized carbons (Fsp3) is 0.625. The van der Waals surface area contributed by atoms with Crippen molar-refractivity contribution in [2.75, 3.05) is 23.0 Å². The van der Waals surface area contributed by atoms with E-state index in [1.165, 1.54) is 135 Å². The van der Waals surface area contributed by atoms with Gasteiger partial charge in [0, 0.05) is 0 Å². The van der Waals surface area contributed by atoms with Gasteiger partial charge in [0.1, 0.15) is 0 Å². The maximum atomic E-state index is 2.72. The molecule has 322 valence electrons. The number of benzene rings is 1. The predicted octanol–water partition coefficient (Wildman–Crippen LogP) is 19.4. The summed E-state index contributed by atoms with van der Waals surface area (Å²) in [4.78, 5) is 21.9. The molecule has 4 heterocycles. The summed E-state index contributed by atoms with van der Waals surface area (Å²) in [6, 6.07) is 10.7. The van der Waals surface area contributed by atoms with Crippen LogP contribution >= 0.6 is 92.4 Å². The van der Waals surface area contributed by atoms with Crippen LogP contribution in [-0.2, 0) is 0 Å². The van der Waals surface area contributed by atoms with Gasteiger partial charge in [-0.2, -0.15) is 0 Å². The van der Waals surface area contributed by atoms with Crippen molar-refractivity contribution in [3.63, 3.8) is 0 Å². The van der Waals surface area contributed by atoms with Crippen LogP contribution in [0.3, 0.4) is 0 Å². The molecule has 0 aliphatic heterocycles. The molecular weight excluding hydrogens is 1070 g/mol. The third-order valence-electron chi connectivity index (χ3n) is 10.7. The SMILES string of the molecule is CCCCCCCCSc1cc(-c2c3c[c]([Sn]([CH3])([CH3])[CH3])sc3c(-c3cc(SCCCCCCCC)c(SCCCC)s3)c3c[c]([Sn]([CH3])([CH3])[CH3])sc23)sc1SCCCC. The molecule has 0 aliphatic rings. The van der Waals surface area contributed by atoms with Crippen LogP contribution in [0.25, 0.3) is 41.1 Å². The Morgan fingerprint density at radius 3 is 1.10 bits per heavy atom. The first-order chi connectivity index (χ1) is 27.9. The first-order valence-electron chi connectivity index (χ1n) is 22.7. The Hall–Kier alpha value is 1.54. The second kappa shape index (κ2) is 25.3. The molecule has 0 saturated heterocycles. The van der Waals surface area contributed by atoms with Crippen molar-refractivity contribution in [3.05, 3.63) is 24.3 Å². The molecule has 0 N–H and O–H groups in total. The van der Waals surface area contributed by atoms with E-state index in [0.29, 0.717) is 0 Å². The van der Waals surface area contributed by atoms with Crippen LogP contribution in [0.1, 0.15) is 130 Å². The summed E-state index contributed by atoms with van der Waals surface area (Å²) in [5, 5.41) is 3.11. The molecule has 0 atom stereocenters. The van der Waals surface area contributed by atoms with Gasteiger partial charge < -0.3 is 0 Å². The van der Waals surface area contributed by atoms with Crippen molar-refractivity contribution < 1.29 is 0 Å². The van der Waals surface area contributed by atoms with Gasteiger partial charge in [0.15, 0.2) is 0 Å². The van der Waals surface area contributed by atoms with E-state index in [0.717, 1.165) is 0 Å². The molecule has 5 rings (SSSR count). The Morgan fingerprint density at radius 2 is 0.741 bits per heavy atom. The third-order valence-corrected chi connectivity index (χ3v) is 39.7. The molecule has 0 unspecified atom stereocenters. The van der Waals surface area contributed by atoms with Crippen LogP contribution in [0.2, 0.25) is 29.6 Å². The summed E-state index contributed by atoms with van der Waals surface area (Å²) in [6.45, 7) is 9.32. The van der Waals surface area contributed by atoms with E-state index in [9.17, 15) is 0 Å². The van der Waals surface area contributed by atoms with Gasteiger partial charge in [-0.05, 0) is 0 Å². The fourth-order valence-electron chi connectivity index (χ4n) is 7.11. The number of rotatable bonds is 28. The van der Waals surface area contributed by atoms with E-state index in [2.05, 4.69) is 174 Å². The number of unbranched alkanes of at least 4 members (excludes halogenated alkanes) is 12. The van der Waals surface area contributed by atoms with Gasteiger partial charge in [-0.1, -0.05) is 52.4 Å². The van der Waals surface area contributed by atoms with Crippen molar-refractivity contribution in [3.8, 4) is 20.9 Å². The molecule has 5 aromatic rings. The zero-order valence-electron chi connectivity index (χ0n) is 37.7. The van der Waals surface area contributed by atoms with Gasteiger partial charge in [-0.25, -0.2) is 0 Å². The summed E-state index contributed by atoms with van der Waals surface area (Å²) in [5.74, 6) is 4.94. The van der Waals surface area contributed by atoms with E-state index in [1.54, 1.807) is 55.3 Å². The Morgan fingerprint density at radius 1 is 0.397 bits per heavy atom. The van der Waals surface area contributed by atoms with E-state index in [1.807, 2.05) is 0 Å². The molecule has 58 heavy (non-hydrogen) atoms. The topological polar surface area (TPSA) is 0 Å². The molecule has 0 bridgehead atoms. The second-order valence-corrected chi connectivity index (χ2v) is 58.2. The molecular formula is C48H74S8Sn2. The van der Waals surface area contributed by atoms with Crippen molar-refractivity contribution in [2.24, 2.45) is 0 Å². The summed E-state index contributed by atoms with van der Waals surface area (Å²) in [5.41, 5.74) is 3.14. The molecule has 0 spiro atoms. The number of hydrogen-bond donors (Lipinski definition) is 0. The Balaban J connectivity index is 1.65. The number of fused-ring (bicyclic) bond motifs is 2. The monoisotopic (exact) mass is 1150 g/mol. The molecule has 0 nitrogen and oxygen atoms in total. The average molecular weight is 1150 g/mol. The molecule has 0 aliphatic carbocycles. The van der Waals surface area contributed by atoms with Crippen molar-refractivity contribution in [2.45, 2.75) is 178 Å². The van der Waals surface area contributed by atoms with Crippen LogP contribution in [0, 0.1) is 0 Å². The Bertz CT molecular complexity index is 1790. The minimum absolute atomic E-state index is 1.23. The zero-order valence-corrected chi connectivity index (χ0v) is 50.0. The van der Waals surface area contributed by atoms with Crippen molar-refractivity contribution in [1.82, 2.24) is 0 Å². The van der Waals surface area contributed by atoms with Crippen LogP contribution in [-0.4, -0.2) is 59.8 Å². The molecule has 0 saturated carbocycles. The van der Waals surface area contributed by atoms with E-state index in [4.69, 9.17) is 0 Å². The van der Waals surface area contributed by atoms with Crippen LogP contribution in [0.5, 0.6) is 0 Å². The van der Waals surface area contributed by atoms with E-state index >= 15 is 0 Å². The summed E-state index contributed by atoms with van der Waals surface area (Å²) in [7, 11) is 0. The molecule has 0 radical (unpaired) electrons. The quantitative estimate of drug-likeness (QED) is 0.0278. The van der Waals surface area contributed by atoms with Crippen LogP contribution in [0.15, 0.2) is 42.5 Å². The number of thioether (sulfide) groups is 4. The van der Waals surface area contributed by atoms with Gasteiger partial charge in [-0.15, -0.1) is 0 Å². The molecule has 10 heteroatoms. The first-order valence-corrected chi connectivity index (χ1v) is 49.9. The fourth-order valence-corrected chi connectivity index (χ4v) is 28.2.